The van der Waals surface area contributed by atoms with Gasteiger partial charge in [-0.05, 0) is 26.3 Å². The molecule has 1 aromatic rings. The Morgan fingerprint density at radius 2 is 1.70 bits per heavy atom. The van der Waals surface area contributed by atoms with Gasteiger partial charge >= 0.3 is 5.97 Å². The van der Waals surface area contributed by atoms with Gasteiger partial charge in [0.05, 0.1) is 0 Å². The number of carboxylic acids is 1. The van der Waals surface area contributed by atoms with Crippen LogP contribution in [0.25, 0.3) is 6.08 Å². The molecule has 0 saturated heterocycles. The summed E-state index contributed by atoms with van der Waals surface area (Å²) in [4.78, 5) is 9.25. The fourth-order valence-corrected chi connectivity index (χ4v) is 0.589. The topological polar surface area (TPSA) is 63.3 Å². The van der Waals surface area contributed by atoms with Gasteiger partial charge in [-0.3, -0.25) is 0 Å². The lowest BCUT2D eigenvalue weighted by molar-refractivity contribution is -0.131. The van der Waals surface area contributed by atoms with Gasteiger partial charge in [0, 0.05) is 17.0 Å². The summed E-state index contributed by atoms with van der Waals surface area (Å²) in [6.45, 7) is 12.3. The first-order chi connectivity index (χ1) is 9.15. The van der Waals surface area contributed by atoms with E-state index in [1.807, 2.05) is 57.2 Å². The maximum Gasteiger partial charge on any atom is 0.327 e. The number of aliphatic carboxylic acids is 1. The Kier molecular flexibility index (Phi) is 11.7. The molecular weight excluding hydrogens is 274 g/mol. The minimum atomic E-state index is -0.981. The molecule has 0 saturated carbocycles. The standard InChI is InChI=1S/C8H8.C5H12ClN.C3H4O2/c1-2-8-6-4-3-5-7-8;1-4(6)5(2,3)7;1-2-3(4)5/h2-7H,1H2;4H,7H2,1-3H3;2H,1H2,(H,4,5). The second-order valence-corrected chi connectivity index (χ2v) is 5.25. The lowest BCUT2D eigenvalue weighted by atomic mass is 10.0. The Labute approximate surface area is 126 Å². The highest BCUT2D eigenvalue weighted by Crippen LogP contribution is 2.09. The molecule has 1 rings (SSSR count). The average Bonchev–Trinajstić information content (AvgIpc) is 2.40. The number of rotatable bonds is 3. The van der Waals surface area contributed by atoms with Gasteiger partial charge < -0.3 is 10.8 Å². The Hall–Kier alpha value is -1.58. The Morgan fingerprint density at radius 1 is 1.35 bits per heavy atom. The highest BCUT2D eigenvalue weighted by Gasteiger charge is 2.16. The lowest BCUT2D eigenvalue weighted by Gasteiger charge is -2.20. The second-order valence-electron chi connectivity index (χ2n) is 4.59. The van der Waals surface area contributed by atoms with Gasteiger partial charge in [0.15, 0.2) is 0 Å². The van der Waals surface area contributed by atoms with Crippen molar-refractivity contribution >= 4 is 23.6 Å². The fraction of sp³-hybridized carbons (Fsp3) is 0.312. The number of hydrogen-bond donors (Lipinski definition) is 2. The number of benzene rings is 1. The number of hydrogen-bond acceptors (Lipinski definition) is 2. The second kappa shape index (κ2) is 11.3. The van der Waals surface area contributed by atoms with Crippen LogP contribution in [0.1, 0.15) is 26.3 Å². The van der Waals surface area contributed by atoms with E-state index in [-0.39, 0.29) is 10.9 Å². The summed E-state index contributed by atoms with van der Waals surface area (Å²) in [5.41, 5.74) is 6.49. The molecule has 112 valence electrons. The first-order valence-electron chi connectivity index (χ1n) is 6.11. The maximum atomic E-state index is 9.25. The molecule has 1 aromatic carbocycles. The van der Waals surface area contributed by atoms with Crippen LogP contribution in [0, 0.1) is 0 Å². The lowest BCUT2D eigenvalue weighted by Crippen LogP contribution is -2.40. The van der Waals surface area contributed by atoms with E-state index in [2.05, 4.69) is 13.2 Å². The summed E-state index contributed by atoms with van der Waals surface area (Å²) in [6, 6.07) is 10.0. The van der Waals surface area contributed by atoms with Crippen molar-refractivity contribution in [2.45, 2.75) is 31.7 Å². The Morgan fingerprint density at radius 3 is 1.85 bits per heavy atom. The molecule has 0 bridgehead atoms. The molecule has 20 heavy (non-hydrogen) atoms. The molecule has 3 N–H and O–H groups in total. The van der Waals surface area contributed by atoms with Gasteiger partial charge in [-0.1, -0.05) is 49.6 Å². The van der Waals surface area contributed by atoms with Gasteiger partial charge in [-0.15, -0.1) is 11.6 Å². The van der Waals surface area contributed by atoms with Gasteiger partial charge in [0.1, 0.15) is 0 Å². The van der Waals surface area contributed by atoms with Crippen molar-refractivity contribution in [2.75, 3.05) is 0 Å². The van der Waals surface area contributed by atoms with E-state index >= 15 is 0 Å². The molecule has 0 radical (unpaired) electrons. The van der Waals surface area contributed by atoms with E-state index < -0.39 is 5.97 Å². The number of halogens is 1. The van der Waals surface area contributed by atoms with Crippen LogP contribution in [0.2, 0.25) is 0 Å². The minimum absolute atomic E-state index is 0.0486. The van der Waals surface area contributed by atoms with E-state index in [0.717, 1.165) is 6.08 Å². The van der Waals surface area contributed by atoms with Crippen molar-refractivity contribution in [2.24, 2.45) is 5.73 Å². The molecule has 0 aliphatic rings. The smallest absolute Gasteiger partial charge is 0.327 e. The summed E-state index contributed by atoms with van der Waals surface area (Å²) in [7, 11) is 0. The van der Waals surface area contributed by atoms with Crippen LogP contribution < -0.4 is 5.73 Å². The molecule has 1 atom stereocenters. The third-order valence-corrected chi connectivity index (χ3v) is 2.80. The zero-order valence-corrected chi connectivity index (χ0v) is 13.1. The van der Waals surface area contributed by atoms with Crippen LogP contribution in [-0.2, 0) is 4.79 Å². The molecule has 1 unspecified atom stereocenters. The predicted octanol–water partition coefficient (Wildman–Crippen LogP) is 3.94. The summed E-state index contributed by atoms with van der Waals surface area (Å²) in [6.07, 6.45) is 2.67. The van der Waals surface area contributed by atoms with E-state index in [1.54, 1.807) is 0 Å². The van der Waals surface area contributed by atoms with Gasteiger partial charge in [-0.25, -0.2) is 4.79 Å². The summed E-state index contributed by atoms with van der Waals surface area (Å²) >= 11 is 5.63. The molecule has 0 amide bonds. The molecular formula is C16H24ClNO2. The SMILES string of the molecule is C=CC(=O)O.C=Cc1ccccc1.CC(Cl)C(C)(C)N. The largest absolute Gasteiger partial charge is 0.478 e. The predicted molar refractivity (Wildman–Crippen MR) is 87.9 cm³/mol. The zero-order valence-electron chi connectivity index (χ0n) is 12.3. The van der Waals surface area contributed by atoms with Crippen molar-refractivity contribution in [3.05, 3.63) is 55.1 Å². The summed E-state index contributed by atoms with van der Waals surface area (Å²) < 4.78 is 0. The van der Waals surface area contributed by atoms with Crippen molar-refractivity contribution in [3.63, 3.8) is 0 Å². The van der Waals surface area contributed by atoms with Crippen LogP contribution in [0.4, 0.5) is 0 Å². The molecule has 4 heteroatoms. The van der Waals surface area contributed by atoms with Gasteiger partial charge in [0.2, 0.25) is 0 Å². The number of nitrogens with two attached hydrogens (primary N) is 1. The first-order valence-corrected chi connectivity index (χ1v) is 6.54. The Bertz CT molecular complexity index is 395. The average molecular weight is 298 g/mol. The molecule has 0 aromatic heterocycles. The van der Waals surface area contributed by atoms with Gasteiger partial charge in [0.25, 0.3) is 0 Å². The molecule has 0 spiro atoms. The number of carboxylic acid groups (broad SMARTS) is 1. The van der Waals surface area contributed by atoms with E-state index in [4.69, 9.17) is 22.4 Å². The van der Waals surface area contributed by atoms with E-state index in [9.17, 15) is 4.79 Å². The maximum absolute atomic E-state index is 9.25. The first kappa shape index (κ1) is 20.7. The van der Waals surface area contributed by atoms with Crippen LogP contribution in [0.5, 0.6) is 0 Å². The van der Waals surface area contributed by atoms with Crippen molar-refractivity contribution < 1.29 is 9.90 Å². The van der Waals surface area contributed by atoms with Crippen LogP contribution >= 0.6 is 11.6 Å². The Balaban J connectivity index is 0. The highest BCUT2D eigenvalue weighted by atomic mass is 35.5. The monoisotopic (exact) mass is 297 g/mol. The minimum Gasteiger partial charge on any atom is -0.478 e. The third-order valence-electron chi connectivity index (χ3n) is 2.24. The quantitative estimate of drug-likeness (QED) is 0.656. The fourth-order valence-electron chi connectivity index (χ4n) is 0.589. The van der Waals surface area contributed by atoms with Crippen LogP contribution in [-0.4, -0.2) is 22.0 Å². The summed E-state index contributed by atoms with van der Waals surface area (Å²) in [5.74, 6) is -0.981. The molecule has 0 aliphatic carbocycles. The number of carbonyl (C=O) groups is 1. The van der Waals surface area contributed by atoms with Crippen molar-refractivity contribution in [3.8, 4) is 0 Å². The van der Waals surface area contributed by atoms with Gasteiger partial charge in [-0.2, -0.15) is 0 Å². The third kappa shape index (κ3) is 14.5. The van der Waals surface area contributed by atoms with Crippen molar-refractivity contribution in [1.29, 1.82) is 0 Å². The van der Waals surface area contributed by atoms with Crippen molar-refractivity contribution in [1.82, 2.24) is 0 Å². The molecule has 0 heterocycles. The zero-order chi connectivity index (χ0) is 16.2. The van der Waals surface area contributed by atoms with E-state index in [1.165, 1.54) is 5.56 Å². The number of alkyl halides is 1. The summed E-state index contributed by atoms with van der Waals surface area (Å²) in [5, 5.41) is 7.65. The normalized spacial score (nSPS) is 10.8. The molecule has 0 fully saturated rings. The van der Waals surface area contributed by atoms with E-state index in [0.29, 0.717) is 0 Å². The van der Waals surface area contributed by atoms with Crippen LogP contribution in [0.15, 0.2) is 49.6 Å². The molecule has 0 aliphatic heterocycles. The molecule has 3 nitrogen and oxygen atoms in total. The highest BCUT2D eigenvalue weighted by molar-refractivity contribution is 6.21. The van der Waals surface area contributed by atoms with Crippen LogP contribution in [0.3, 0.4) is 0 Å².